The van der Waals surface area contributed by atoms with Crippen molar-refractivity contribution in [1.82, 2.24) is 0 Å². The van der Waals surface area contributed by atoms with Crippen LogP contribution in [0.25, 0.3) is 10.8 Å². The van der Waals surface area contributed by atoms with Gasteiger partial charge in [0, 0.05) is 0 Å². The average molecular weight is 264 g/mol. The largest absolute Gasteiger partial charge is 0.478 e. The van der Waals surface area contributed by atoms with E-state index in [1.165, 1.54) is 0 Å². The molecule has 2 rings (SSSR count). The maximum absolute atomic E-state index is 11.4. The molecule has 0 atom stereocenters. The highest BCUT2D eigenvalue weighted by atomic mass is 16.4. The second kappa shape index (κ2) is 5.51. The molecule has 0 saturated carbocycles. The molecule has 0 aliphatic heterocycles. The summed E-state index contributed by atoms with van der Waals surface area (Å²) in [5.41, 5.74) is 2.34. The maximum atomic E-state index is 11.4. The van der Waals surface area contributed by atoms with Gasteiger partial charge in [-0.3, -0.25) is 5.43 Å². The van der Waals surface area contributed by atoms with Crippen molar-refractivity contribution in [2.75, 3.05) is 5.43 Å². The summed E-state index contributed by atoms with van der Waals surface area (Å²) in [7, 11) is 0. The lowest BCUT2D eigenvalue weighted by molar-refractivity contribution is 0.0700. The van der Waals surface area contributed by atoms with Crippen LogP contribution in [-0.2, 0) is 0 Å². The lowest BCUT2D eigenvalue weighted by Gasteiger charge is -2.08. The Morgan fingerprint density at radius 1 is 1.15 bits per heavy atom. The number of nitriles is 2. The van der Waals surface area contributed by atoms with Gasteiger partial charge >= 0.3 is 5.97 Å². The zero-order valence-corrected chi connectivity index (χ0v) is 10.2. The summed E-state index contributed by atoms with van der Waals surface area (Å²) in [5, 5.41) is 31.4. The summed E-state index contributed by atoms with van der Waals surface area (Å²) in [4.78, 5) is 11.4. The zero-order valence-electron chi connectivity index (χ0n) is 10.2. The quantitative estimate of drug-likeness (QED) is 0.653. The SMILES string of the molecule is N#CC(C#N)=NNc1ccc2ccccc2c1C(=O)O. The summed E-state index contributed by atoms with van der Waals surface area (Å²) < 4.78 is 0. The third-order valence-corrected chi connectivity index (χ3v) is 2.64. The molecule has 6 heteroatoms. The predicted molar refractivity (Wildman–Crippen MR) is 73.2 cm³/mol. The van der Waals surface area contributed by atoms with Crippen LogP contribution in [0.2, 0.25) is 0 Å². The Labute approximate surface area is 114 Å². The number of nitrogens with one attached hydrogen (secondary N) is 1. The van der Waals surface area contributed by atoms with Crippen LogP contribution >= 0.6 is 0 Å². The fraction of sp³-hybridized carbons (Fsp3) is 0. The summed E-state index contributed by atoms with van der Waals surface area (Å²) in [6.07, 6.45) is 0. The minimum Gasteiger partial charge on any atom is -0.478 e. The van der Waals surface area contributed by atoms with E-state index >= 15 is 0 Å². The first-order valence-corrected chi connectivity index (χ1v) is 5.56. The fourth-order valence-electron chi connectivity index (χ4n) is 1.79. The van der Waals surface area contributed by atoms with Gasteiger partial charge in [-0.25, -0.2) is 4.79 Å². The smallest absolute Gasteiger partial charge is 0.338 e. The summed E-state index contributed by atoms with van der Waals surface area (Å²) in [5.74, 6) is -1.12. The number of carbonyl (C=O) groups is 1. The van der Waals surface area contributed by atoms with Crippen LogP contribution in [-0.4, -0.2) is 16.8 Å². The van der Waals surface area contributed by atoms with Crippen LogP contribution < -0.4 is 5.43 Å². The molecule has 0 aliphatic rings. The second-order valence-corrected chi connectivity index (χ2v) is 3.81. The molecule has 0 spiro atoms. The molecule has 0 heterocycles. The molecule has 2 N–H and O–H groups in total. The molecule has 2 aromatic rings. The van der Waals surface area contributed by atoms with Crippen molar-refractivity contribution in [1.29, 1.82) is 10.5 Å². The van der Waals surface area contributed by atoms with Gasteiger partial charge in [0.1, 0.15) is 12.1 Å². The molecule has 0 aromatic heterocycles. The van der Waals surface area contributed by atoms with Crippen molar-refractivity contribution in [2.24, 2.45) is 5.10 Å². The second-order valence-electron chi connectivity index (χ2n) is 3.81. The first-order chi connectivity index (χ1) is 9.67. The number of hydrazone groups is 1. The van der Waals surface area contributed by atoms with Crippen LogP contribution in [0.5, 0.6) is 0 Å². The number of carboxylic acid groups (broad SMARTS) is 1. The molecule has 0 saturated heterocycles. The molecule has 2 aromatic carbocycles. The van der Waals surface area contributed by atoms with E-state index in [9.17, 15) is 9.90 Å². The molecule has 0 unspecified atom stereocenters. The summed E-state index contributed by atoms with van der Waals surface area (Å²) in [6, 6.07) is 13.5. The molecule has 0 fully saturated rings. The Hall–Kier alpha value is -3.38. The van der Waals surface area contributed by atoms with E-state index in [-0.39, 0.29) is 17.0 Å². The molecule has 0 aliphatic carbocycles. The molecular weight excluding hydrogens is 256 g/mol. The number of carboxylic acids is 1. The zero-order chi connectivity index (χ0) is 14.5. The third kappa shape index (κ3) is 2.40. The molecule has 6 nitrogen and oxygen atoms in total. The number of anilines is 1. The van der Waals surface area contributed by atoms with E-state index < -0.39 is 5.97 Å². The Balaban J connectivity index is 2.58. The highest BCUT2D eigenvalue weighted by molar-refractivity contribution is 6.11. The van der Waals surface area contributed by atoms with Gasteiger partial charge in [0.05, 0.1) is 11.3 Å². The molecule has 0 bridgehead atoms. The van der Waals surface area contributed by atoms with Crippen molar-refractivity contribution < 1.29 is 9.90 Å². The standard InChI is InChI=1S/C14H8N4O2/c15-7-10(8-16)17-18-12-6-5-9-3-1-2-4-11(9)13(12)14(19)20/h1-6,18H,(H,19,20). The van der Waals surface area contributed by atoms with Crippen molar-refractivity contribution in [3.05, 3.63) is 42.0 Å². The normalized spacial score (nSPS) is 9.30. The van der Waals surface area contributed by atoms with Crippen LogP contribution in [0.4, 0.5) is 5.69 Å². The minimum absolute atomic E-state index is 0.0436. The lowest BCUT2D eigenvalue weighted by atomic mass is 10.0. The molecular formula is C14H8N4O2. The van der Waals surface area contributed by atoms with Crippen LogP contribution in [0.15, 0.2) is 41.5 Å². The summed E-state index contributed by atoms with van der Waals surface area (Å²) >= 11 is 0. The van der Waals surface area contributed by atoms with Gasteiger partial charge in [0.15, 0.2) is 0 Å². The van der Waals surface area contributed by atoms with Crippen molar-refractivity contribution in [3.63, 3.8) is 0 Å². The van der Waals surface area contributed by atoms with E-state index in [2.05, 4.69) is 10.5 Å². The number of fused-ring (bicyclic) bond motifs is 1. The van der Waals surface area contributed by atoms with Crippen molar-refractivity contribution in [3.8, 4) is 12.1 Å². The van der Waals surface area contributed by atoms with Crippen molar-refractivity contribution in [2.45, 2.75) is 0 Å². The van der Waals surface area contributed by atoms with Gasteiger partial charge in [-0.1, -0.05) is 30.3 Å². The van der Waals surface area contributed by atoms with Crippen LogP contribution in [0.1, 0.15) is 10.4 Å². The van der Waals surface area contributed by atoms with Gasteiger partial charge < -0.3 is 5.11 Å². The van der Waals surface area contributed by atoms with Gasteiger partial charge in [0.25, 0.3) is 0 Å². The van der Waals surface area contributed by atoms with Gasteiger partial charge in [-0.05, 0) is 16.8 Å². The number of hydrogen-bond acceptors (Lipinski definition) is 5. The molecule has 0 amide bonds. The maximum Gasteiger partial charge on any atom is 0.338 e. The number of rotatable bonds is 3. The van der Waals surface area contributed by atoms with E-state index in [1.54, 1.807) is 42.5 Å². The Morgan fingerprint density at radius 3 is 2.50 bits per heavy atom. The third-order valence-electron chi connectivity index (χ3n) is 2.64. The topological polar surface area (TPSA) is 109 Å². The minimum atomic E-state index is -1.12. The summed E-state index contributed by atoms with van der Waals surface area (Å²) in [6.45, 7) is 0. The number of aromatic carboxylic acids is 1. The van der Waals surface area contributed by atoms with Gasteiger partial charge in [0.2, 0.25) is 5.71 Å². The molecule has 96 valence electrons. The van der Waals surface area contributed by atoms with Crippen molar-refractivity contribution >= 4 is 28.1 Å². The molecule has 0 radical (unpaired) electrons. The highest BCUT2D eigenvalue weighted by Gasteiger charge is 2.14. The van der Waals surface area contributed by atoms with Crippen LogP contribution in [0, 0.1) is 22.7 Å². The van der Waals surface area contributed by atoms with E-state index in [4.69, 9.17) is 10.5 Å². The Bertz CT molecular complexity index is 781. The number of hydrogen-bond donors (Lipinski definition) is 2. The average Bonchev–Trinajstić information content (AvgIpc) is 2.47. The highest BCUT2D eigenvalue weighted by Crippen LogP contribution is 2.26. The Kier molecular flexibility index (Phi) is 3.60. The fourth-order valence-corrected chi connectivity index (χ4v) is 1.79. The lowest BCUT2D eigenvalue weighted by Crippen LogP contribution is -2.05. The van der Waals surface area contributed by atoms with Gasteiger partial charge in [-0.15, -0.1) is 0 Å². The first kappa shape index (κ1) is 13.1. The molecule has 20 heavy (non-hydrogen) atoms. The number of benzene rings is 2. The number of nitrogens with zero attached hydrogens (tertiary/aromatic N) is 3. The monoisotopic (exact) mass is 264 g/mol. The van der Waals surface area contributed by atoms with Gasteiger partial charge in [-0.2, -0.15) is 15.6 Å². The Morgan fingerprint density at radius 2 is 1.85 bits per heavy atom. The van der Waals surface area contributed by atoms with Crippen LogP contribution in [0.3, 0.4) is 0 Å². The predicted octanol–water partition coefficient (Wildman–Crippen LogP) is 2.35. The first-order valence-electron chi connectivity index (χ1n) is 5.56. The van der Waals surface area contributed by atoms with E-state index in [0.29, 0.717) is 5.39 Å². The van der Waals surface area contributed by atoms with E-state index in [1.807, 2.05) is 6.07 Å². The van der Waals surface area contributed by atoms with E-state index in [0.717, 1.165) is 5.39 Å².